The molecular formula is C20H25N3O3. The van der Waals surface area contributed by atoms with Crippen LogP contribution in [0.2, 0.25) is 0 Å². The molecule has 1 unspecified atom stereocenters. The molecule has 1 atom stereocenters. The Bertz CT molecular complexity index is 906. The van der Waals surface area contributed by atoms with Gasteiger partial charge in [0.1, 0.15) is 5.56 Å². The summed E-state index contributed by atoms with van der Waals surface area (Å²) < 4.78 is 1.34. The Balaban J connectivity index is 2.02. The highest BCUT2D eigenvalue weighted by atomic mass is 16.3. The molecule has 1 aliphatic rings. The molecule has 2 aromatic rings. The molecule has 0 bridgehead atoms. The molecule has 1 aromatic heterocycles. The summed E-state index contributed by atoms with van der Waals surface area (Å²) in [6.07, 6.45) is 4.83. The zero-order valence-corrected chi connectivity index (χ0v) is 15.2. The van der Waals surface area contributed by atoms with Crippen molar-refractivity contribution in [3.05, 3.63) is 62.3 Å². The third-order valence-corrected chi connectivity index (χ3v) is 5.09. The van der Waals surface area contributed by atoms with Crippen molar-refractivity contribution in [3.8, 4) is 5.88 Å². The zero-order valence-electron chi connectivity index (χ0n) is 15.2. The zero-order chi connectivity index (χ0) is 18.7. The van der Waals surface area contributed by atoms with E-state index in [2.05, 4.69) is 9.98 Å². The molecule has 0 amide bonds. The summed E-state index contributed by atoms with van der Waals surface area (Å²) in [5.74, 6) is -0.271. The second-order valence-corrected chi connectivity index (χ2v) is 6.92. The minimum absolute atomic E-state index is 0.0776. The van der Waals surface area contributed by atoms with Crippen LogP contribution in [0.15, 0.2) is 44.9 Å². The van der Waals surface area contributed by atoms with Gasteiger partial charge >= 0.3 is 5.69 Å². The predicted octanol–water partition coefficient (Wildman–Crippen LogP) is 3.32. The van der Waals surface area contributed by atoms with Gasteiger partial charge in [-0.3, -0.25) is 19.3 Å². The van der Waals surface area contributed by atoms with Crippen molar-refractivity contribution in [3.63, 3.8) is 0 Å². The fourth-order valence-corrected chi connectivity index (χ4v) is 3.70. The summed E-state index contributed by atoms with van der Waals surface area (Å²) in [4.78, 5) is 31.6. The van der Waals surface area contributed by atoms with Gasteiger partial charge in [-0.2, -0.15) is 0 Å². The molecule has 0 saturated heterocycles. The molecule has 0 radical (unpaired) electrons. The van der Waals surface area contributed by atoms with E-state index in [4.69, 9.17) is 0 Å². The van der Waals surface area contributed by atoms with Crippen LogP contribution in [0.1, 0.15) is 69.2 Å². The fourth-order valence-electron chi connectivity index (χ4n) is 3.70. The van der Waals surface area contributed by atoms with Gasteiger partial charge in [0.25, 0.3) is 5.56 Å². The molecule has 1 aliphatic carbocycles. The molecule has 6 nitrogen and oxygen atoms in total. The van der Waals surface area contributed by atoms with E-state index in [1.54, 1.807) is 6.92 Å². The van der Waals surface area contributed by atoms with Crippen LogP contribution in [0.5, 0.6) is 5.88 Å². The number of aromatic hydroxyl groups is 1. The molecule has 1 saturated carbocycles. The Labute approximate surface area is 152 Å². The highest BCUT2D eigenvalue weighted by Gasteiger charge is 2.24. The van der Waals surface area contributed by atoms with Crippen molar-refractivity contribution in [1.29, 1.82) is 0 Å². The summed E-state index contributed by atoms with van der Waals surface area (Å²) in [5.41, 5.74) is 0.374. The monoisotopic (exact) mass is 355 g/mol. The van der Waals surface area contributed by atoms with E-state index in [1.165, 1.54) is 4.57 Å². The quantitative estimate of drug-likeness (QED) is 0.825. The summed E-state index contributed by atoms with van der Waals surface area (Å²) >= 11 is 0. The lowest BCUT2D eigenvalue weighted by Gasteiger charge is -2.25. The van der Waals surface area contributed by atoms with Crippen molar-refractivity contribution >= 4 is 5.71 Å². The van der Waals surface area contributed by atoms with Gasteiger partial charge in [0.15, 0.2) is 0 Å². The molecule has 138 valence electrons. The second-order valence-electron chi connectivity index (χ2n) is 6.92. The van der Waals surface area contributed by atoms with E-state index in [-0.39, 0.29) is 23.5 Å². The van der Waals surface area contributed by atoms with Gasteiger partial charge < -0.3 is 5.11 Å². The maximum absolute atomic E-state index is 12.3. The number of benzene rings is 1. The number of aromatic nitrogens is 2. The number of H-pyrrole nitrogens is 1. The molecule has 1 fully saturated rings. The molecule has 1 heterocycles. The SMILES string of the molecule is CC(=NC(C)c1ccccc1)c1c(O)n(C2CCCCC2)c(=O)[nH]c1=O. The van der Waals surface area contributed by atoms with Crippen LogP contribution in [0, 0.1) is 0 Å². The van der Waals surface area contributed by atoms with Gasteiger partial charge in [-0.15, -0.1) is 0 Å². The van der Waals surface area contributed by atoms with Crippen LogP contribution in [-0.2, 0) is 0 Å². The number of aromatic amines is 1. The van der Waals surface area contributed by atoms with E-state index in [0.717, 1.165) is 37.7 Å². The van der Waals surface area contributed by atoms with Gasteiger partial charge in [-0.1, -0.05) is 49.6 Å². The lowest BCUT2D eigenvalue weighted by molar-refractivity contribution is 0.298. The lowest BCUT2D eigenvalue weighted by atomic mass is 9.95. The van der Waals surface area contributed by atoms with Crippen LogP contribution in [0.3, 0.4) is 0 Å². The first-order valence-corrected chi connectivity index (χ1v) is 9.16. The lowest BCUT2D eigenvalue weighted by Crippen LogP contribution is -2.36. The van der Waals surface area contributed by atoms with Crippen molar-refractivity contribution in [1.82, 2.24) is 9.55 Å². The average molecular weight is 355 g/mol. The number of rotatable bonds is 4. The third kappa shape index (κ3) is 3.64. The standard InChI is InChI=1S/C20H25N3O3/c1-13(15-9-5-3-6-10-15)21-14(2)17-18(24)22-20(26)23(19(17)25)16-11-7-4-8-12-16/h3,5-6,9-10,13,16,25H,4,7-8,11-12H2,1-2H3,(H,22,24,26). The molecule has 3 rings (SSSR count). The van der Waals surface area contributed by atoms with E-state index < -0.39 is 11.2 Å². The van der Waals surface area contributed by atoms with E-state index in [0.29, 0.717) is 5.71 Å². The molecule has 0 spiro atoms. The number of hydrogen-bond donors (Lipinski definition) is 2. The fraction of sp³-hybridized carbons (Fsp3) is 0.450. The van der Waals surface area contributed by atoms with Crippen molar-refractivity contribution < 1.29 is 5.11 Å². The highest BCUT2D eigenvalue weighted by Crippen LogP contribution is 2.30. The van der Waals surface area contributed by atoms with Gasteiger partial charge in [0.05, 0.1) is 11.8 Å². The Morgan fingerprint density at radius 1 is 1.19 bits per heavy atom. The average Bonchev–Trinajstić information content (AvgIpc) is 2.63. The minimum atomic E-state index is -0.596. The van der Waals surface area contributed by atoms with E-state index in [9.17, 15) is 14.7 Å². The first kappa shape index (κ1) is 18.2. The molecule has 26 heavy (non-hydrogen) atoms. The number of aliphatic imine (C=N–C) groups is 1. The van der Waals surface area contributed by atoms with Crippen LogP contribution >= 0.6 is 0 Å². The van der Waals surface area contributed by atoms with Crippen LogP contribution in [-0.4, -0.2) is 20.4 Å². The molecule has 1 aromatic carbocycles. The molecule has 0 aliphatic heterocycles. The smallest absolute Gasteiger partial charge is 0.331 e. The third-order valence-electron chi connectivity index (χ3n) is 5.09. The van der Waals surface area contributed by atoms with Gasteiger partial charge in [-0.25, -0.2) is 4.79 Å². The van der Waals surface area contributed by atoms with Gasteiger partial charge in [-0.05, 0) is 32.3 Å². The summed E-state index contributed by atoms with van der Waals surface area (Å²) in [5, 5.41) is 10.7. The second kappa shape index (κ2) is 7.72. The molecular weight excluding hydrogens is 330 g/mol. The Morgan fingerprint density at radius 3 is 2.50 bits per heavy atom. The summed E-state index contributed by atoms with van der Waals surface area (Å²) in [7, 11) is 0. The first-order chi connectivity index (χ1) is 12.5. The Hall–Kier alpha value is -2.63. The largest absolute Gasteiger partial charge is 0.494 e. The normalized spacial score (nSPS) is 17.2. The maximum Gasteiger partial charge on any atom is 0.331 e. The Kier molecular flexibility index (Phi) is 5.40. The Morgan fingerprint density at radius 2 is 1.85 bits per heavy atom. The minimum Gasteiger partial charge on any atom is -0.494 e. The maximum atomic E-state index is 12.3. The van der Waals surface area contributed by atoms with Crippen LogP contribution in [0.25, 0.3) is 0 Å². The number of hydrogen-bond acceptors (Lipinski definition) is 4. The molecule has 2 N–H and O–H groups in total. The van der Waals surface area contributed by atoms with Crippen molar-refractivity contribution in [2.75, 3.05) is 0 Å². The first-order valence-electron chi connectivity index (χ1n) is 9.16. The van der Waals surface area contributed by atoms with Gasteiger partial charge in [0.2, 0.25) is 5.88 Å². The molecule has 6 heteroatoms. The van der Waals surface area contributed by atoms with Crippen molar-refractivity contribution in [2.24, 2.45) is 4.99 Å². The van der Waals surface area contributed by atoms with E-state index >= 15 is 0 Å². The highest BCUT2D eigenvalue weighted by molar-refractivity contribution is 6.00. The summed E-state index contributed by atoms with van der Waals surface area (Å²) in [6.45, 7) is 3.63. The number of nitrogens with zero attached hydrogens (tertiary/aromatic N) is 2. The predicted molar refractivity (Wildman–Crippen MR) is 102 cm³/mol. The summed E-state index contributed by atoms with van der Waals surface area (Å²) in [6, 6.07) is 9.50. The topological polar surface area (TPSA) is 87.4 Å². The van der Waals surface area contributed by atoms with Crippen LogP contribution < -0.4 is 11.2 Å². The van der Waals surface area contributed by atoms with E-state index in [1.807, 2.05) is 37.3 Å². The number of nitrogens with one attached hydrogen (secondary N) is 1. The van der Waals surface area contributed by atoms with Crippen molar-refractivity contribution in [2.45, 2.75) is 58.0 Å². The van der Waals surface area contributed by atoms with Gasteiger partial charge in [0, 0.05) is 6.04 Å². The van der Waals surface area contributed by atoms with Crippen LogP contribution in [0.4, 0.5) is 0 Å².